The lowest BCUT2D eigenvalue weighted by molar-refractivity contribution is -0.384. The van der Waals surface area contributed by atoms with E-state index in [0.717, 1.165) is 11.8 Å². The summed E-state index contributed by atoms with van der Waals surface area (Å²) in [7, 11) is 1.57. The molecule has 2 aromatic carbocycles. The lowest BCUT2D eigenvalue weighted by Gasteiger charge is -2.16. The predicted octanol–water partition coefficient (Wildman–Crippen LogP) is 5.19. The summed E-state index contributed by atoms with van der Waals surface area (Å²) in [6, 6.07) is 10.1. The number of non-ortho nitro benzene ring substituents is 1. The van der Waals surface area contributed by atoms with Gasteiger partial charge in [0.25, 0.3) is 5.69 Å². The molecular weight excluding hydrogens is 358 g/mol. The van der Waals surface area contributed by atoms with E-state index < -0.39 is 4.92 Å². The van der Waals surface area contributed by atoms with Gasteiger partial charge in [0.1, 0.15) is 11.3 Å². The number of anilines is 2. The van der Waals surface area contributed by atoms with Crippen molar-refractivity contribution in [3.8, 4) is 5.75 Å². The van der Waals surface area contributed by atoms with Crippen molar-refractivity contribution in [3.63, 3.8) is 0 Å². The Morgan fingerprint density at radius 3 is 2.71 bits per heavy atom. The normalized spacial score (nSPS) is 10.7. The first-order valence-corrected chi connectivity index (χ1v) is 8.97. The maximum Gasteiger partial charge on any atom is 0.269 e. The number of aryl methyl sites for hydroxylation is 1. The molecule has 0 aliphatic heterocycles. The number of ketones is 1. The molecular formula is C21H21N3O4. The number of benzene rings is 2. The number of para-hydroxylation sites is 1. The molecule has 1 aromatic heterocycles. The summed E-state index contributed by atoms with van der Waals surface area (Å²) in [5, 5.41) is 15.1. The molecule has 0 spiro atoms. The monoisotopic (exact) mass is 379 g/mol. The van der Waals surface area contributed by atoms with Crippen LogP contribution in [0.2, 0.25) is 0 Å². The molecule has 144 valence electrons. The van der Waals surface area contributed by atoms with Gasteiger partial charge >= 0.3 is 0 Å². The largest absolute Gasteiger partial charge is 0.494 e. The topological polar surface area (TPSA) is 94.4 Å². The van der Waals surface area contributed by atoms with E-state index in [1.54, 1.807) is 26.3 Å². The molecule has 3 aromatic rings. The molecule has 0 aliphatic rings. The third-order valence-corrected chi connectivity index (χ3v) is 4.54. The smallest absolute Gasteiger partial charge is 0.269 e. The Kier molecular flexibility index (Phi) is 5.54. The van der Waals surface area contributed by atoms with Gasteiger partial charge < -0.3 is 10.1 Å². The summed E-state index contributed by atoms with van der Waals surface area (Å²) >= 11 is 0. The Bertz CT molecular complexity index is 1060. The second kappa shape index (κ2) is 8.04. The number of pyridine rings is 1. The molecule has 0 aliphatic carbocycles. The number of nitro benzene ring substituents is 1. The number of fused-ring (bicyclic) bond motifs is 1. The van der Waals surface area contributed by atoms with Crippen LogP contribution in [0.15, 0.2) is 42.6 Å². The molecule has 0 unspecified atom stereocenters. The van der Waals surface area contributed by atoms with Crippen molar-refractivity contribution in [2.24, 2.45) is 0 Å². The molecule has 0 radical (unpaired) electrons. The molecule has 28 heavy (non-hydrogen) atoms. The van der Waals surface area contributed by atoms with Crippen molar-refractivity contribution in [1.29, 1.82) is 0 Å². The van der Waals surface area contributed by atoms with Crippen LogP contribution in [0.1, 0.15) is 35.7 Å². The van der Waals surface area contributed by atoms with Gasteiger partial charge in [-0.1, -0.05) is 19.1 Å². The summed E-state index contributed by atoms with van der Waals surface area (Å²) in [6.07, 6.45) is 2.70. The zero-order valence-electron chi connectivity index (χ0n) is 16.0. The molecule has 0 bridgehead atoms. The fourth-order valence-corrected chi connectivity index (χ4v) is 3.10. The highest BCUT2D eigenvalue weighted by molar-refractivity contribution is 6.09. The molecule has 1 N–H and O–H groups in total. The van der Waals surface area contributed by atoms with E-state index in [1.807, 2.05) is 25.1 Å². The van der Waals surface area contributed by atoms with Gasteiger partial charge in [-0.25, -0.2) is 0 Å². The molecule has 7 nitrogen and oxygen atoms in total. The minimum Gasteiger partial charge on any atom is -0.494 e. The van der Waals surface area contributed by atoms with E-state index in [2.05, 4.69) is 10.3 Å². The number of nitrogens with one attached hydrogen (secondary N) is 1. The standard InChI is InChI=1S/C21H21N3O4/c1-4-6-18(25)16-12-22-21-15(7-5-8-19(21)28-3)20(16)23-17-10-9-14(24(26)27)11-13(17)2/h5,7-12H,4,6H2,1-3H3,(H,22,23). The van der Waals surface area contributed by atoms with Gasteiger partial charge in [-0.3, -0.25) is 19.9 Å². The summed E-state index contributed by atoms with van der Waals surface area (Å²) in [5.41, 5.74) is 3.16. The number of hydrogen-bond donors (Lipinski definition) is 1. The van der Waals surface area contributed by atoms with Crippen LogP contribution in [0.3, 0.4) is 0 Å². The van der Waals surface area contributed by atoms with Gasteiger partial charge in [0.2, 0.25) is 0 Å². The van der Waals surface area contributed by atoms with Crippen LogP contribution in [0.4, 0.5) is 17.1 Å². The van der Waals surface area contributed by atoms with Crippen molar-refractivity contribution >= 4 is 33.7 Å². The number of hydrogen-bond acceptors (Lipinski definition) is 6. The molecule has 1 heterocycles. The second-order valence-corrected chi connectivity index (χ2v) is 6.46. The lowest BCUT2D eigenvalue weighted by atomic mass is 10.0. The first-order chi connectivity index (χ1) is 13.5. The van der Waals surface area contributed by atoms with Crippen molar-refractivity contribution in [2.75, 3.05) is 12.4 Å². The molecule has 0 saturated heterocycles. The van der Waals surface area contributed by atoms with E-state index in [1.165, 1.54) is 12.1 Å². The summed E-state index contributed by atoms with van der Waals surface area (Å²) in [5.74, 6) is 0.595. The van der Waals surface area contributed by atoms with E-state index in [4.69, 9.17) is 4.74 Å². The summed E-state index contributed by atoms with van der Waals surface area (Å²) in [6.45, 7) is 3.73. The van der Waals surface area contributed by atoms with Crippen molar-refractivity contribution in [3.05, 3.63) is 63.8 Å². The second-order valence-electron chi connectivity index (χ2n) is 6.46. The molecule has 7 heteroatoms. The summed E-state index contributed by atoms with van der Waals surface area (Å²) < 4.78 is 5.40. The average Bonchev–Trinajstić information content (AvgIpc) is 2.69. The molecule has 3 rings (SSSR count). The third-order valence-electron chi connectivity index (χ3n) is 4.54. The summed E-state index contributed by atoms with van der Waals surface area (Å²) in [4.78, 5) is 27.7. The quantitative estimate of drug-likeness (QED) is 0.345. The van der Waals surface area contributed by atoms with Crippen LogP contribution in [0, 0.1) is 17.0 Å². The van der Waals surface area contributed by atoms with Gasteiger partial charge in [0, 0.05) is 35.8 Å². The number of nitro groups is 1. The van der Waals surface area contributed by atoms with Crippen LogP contribution in [0.5, 0.6) is 5.75 Å². The zero-order valence-corrected chi connectivity index (χ0v) is 16.0. The van der Waals surface area contributed by atoms with Gasteiger partial charge in [-0.05, 0) is 31.0 Å². The Labute approximate surface area is 162 Å². The fourth-order valence-electron chi connectivity index (χ4n) is 3.10. The number of methoxy groups -OCH3 is 1. The molecule has 0 atom stereocenters. The van der Waals surface area contributed by atoms with Crippen molar-refractivity contribution in [1.82, 2.24) is 4.98 Å². The Morgan fingerprint density at radius 1 is 1.29 bits per heavy atom. The molecule has 0 amide bonds. The van der Waals surface area contributed by atoms with Gasteiger partial charge in [-0.2, -0.15) is 0 Å². The highest BCUT2D eigenvalue weighted by atomic mass is 16.6. The van der Waals surface area contributed by atoms with Crippen molar-refractivity contribution < 1.29 is 14.5 Å². The Balaban J connectivity index is 2.18. The lowest BCUT2D eigenvalue weighted by Crippen LogP contribution is -2.06. The van der Waals surface area contributed by atoms with E-state index >= 15 is 0 Å². The number of ether oxygens (including phenoxy) is 1. The number of nitrogens with zero attached hydrogens (tertiary/aromatic N) is 2. The highest BCUT2D eigenvalue weighted by Gasteiger charge is 2.18. The number of carbonyl (C=O) groups excluding carboxylic acids is 1. The molecule has 0 saturated carbocycles. The third kappa shape index (κ3) is 3.64. The van der Waals surface area contributed by atoms with Crippen LogP contribution in [-0.4, -0.2) is 22.8 Å². The number of Topliss-reactive ketones (excluding diaryl/α,β-unsaturated/α-hetero) is 1. The number of aromatic nitrogens is 1. The van der Waals surface area contributed by atoms with Gasteiger partial charge in [0.15, 0.2) is 5.78 Å². The zero-order chi connectivity index (χ0) is 20.3. The molecule has 0 fully saturated rings. The SMILES string of the molecule is CCCC(=O)c1cnc2c(OC)cccc2c1Nc1ccc([N+](=O)[O-])cc1C. The fraction of sp³-hybridized carbons (Fsp3) is 0.238. The first-order valence-electron chi connectivity index (χ1n) is 8.97. The maximum atomic E-state index is 12.7. The highest BCUT2D eigenvalue weighted by Crippen LogP contribution is 2.35. The predicted molar refractivity (Wildman–Crippen MR) is 109 cm³/mol. The minimum atomic E-state index is -0.431. The van der Waals surface area contributed by atoms with Crippen LogP contribution in [0.25, 0.3) is 10.9 Å². The van der Waals surface area contributed by atoms with E-state index in [9.17, 15) is 14.9 Å². The van der Waals surface area contributed by atoms with Crippen molar-refractivity contribution in [2.45, 2.75) is 26.7 Å². The number of rotatable bonds is 7. The first kappa shape index (κ1) is 19.3. The Morgan fingerprint density at radius 2 is 2.07 bits per heavy atom. The van der Waals surface area contributed by atoms with E-state index in [0.29, 0.717) is 40.2 Å². The van der Waals surface area contributed by atoms with Gasteiger partial charge in [0.05, 0.1) is 23.3 Å². The average molecular weight is 379 g/mol. The van der Waals surface area contributed by atoms with Crippen LogP contribution >= 0.6 is 0 Å². The van der Waals surface area contributed by atoms with E-state index in [-0.39, 0.29) is 11.5 Å². The van der Waals surface area contributed by atoms with Crippen LogP contribution < -0.4 is 10.1 Å². The number of carbonyl (C=O) groups is 1. The van der Waals surface area contributed by atoms with Gasteiger partial charge in [-0.15, -0.1) is 0 Å². The minimum absolute atomic E-state index is 0.0122. The maximum absolute atomic E-state index is 12.7. The van der Waals surface area contributed by atoms with Crippen LogP contribution in [-0.2, 0) is 0 Å². The Hall–Kier alpha value is -3.48.